The predicted molar refractivity (Wildman–Crippen MR) is 87.8 cm³/mol. The molecule has 2 nitrogen and oxygen atoms in total. The average Bonchev–Trinajstić information content (AvgIpc) is 3.15. The minimum absolute atomic E-state index is 0.487. The first-order valence-electron chi connectivity index (χ1n) is 9.38. The third kappa shape index (κ3) is 3.41. The normalized spacial score (nSPS) is 22.3. The molecule has 1 aromatic rings. The van der Waals surface area contributed by atoms with Gasteiger partial charge >= 0.3 is 48.4 Å². The van der Waals surface area contributed by atoms with E-state index in [1.807, 2.05) is 0 Å². The summed E-state index contributed by atoms with van der Waals surface area (Å²) in [6.45, 7) is 0. The van der Waals surface area contributed by atoms with Crippen molar-refractivity contribution in [2.45, 2.75) is 64.5 Å². The summed E-state index contributed by atoms with van der Waals surface area (Å²) in [5.74, 6) is -29.9. The maximum atomic E-state index is 14.6. The second-order valence-corrected chi connectivity index (χ2v) is 10.6. The van der Waals surface area contributed by atoms with Gasteiger partial charge in [-0.25, -0.2) is 0 Å². The quantitative estimate of drug-likeness (QED) is 0.303. The van der Waals surface area contributed by atoms with Crippen molar-refractivity contribution in [2.75, 3.05) is 6.26 Å². The molecule has 0 saturated carbocycles. The van der Waals surface area contributed by atoms with Gasteiger partial charge in [0, 0.05) is 17.4 Å². The van der Waals surface area contributed by atoms with Gasteiger partial charge in [0.15, 0.2) is 0 Å². The fourth-order valence-corrected chi connectivity index (χ4v) is 7.21. The molecule has 0 radical (unpaired) electrons. The maximum Gasteiger partial charge on any atom is 0.457 e. The lowest BCUT2D eigenvalue weighted by molar-refractivity contribution is -0.429. The Morgan fingerprint density at radius 2 is 0.700 bits per heavy atom. The summed E-state index contributed by atoms with van der Waals surface area (Å²) in [6.07, 6.45) is -30.4. The molecule has 0 saturated heterocycles. The molecule has 0 aromatic heterocycles. The number of rotatable bonds is 4. The molecule has 40 heavy (non-hydrogen) atoms. The highest BCUT2D eigenvalue weighted by molar-refractivity contribution is 8.25. The van der Waals surface area contributed by atoms with Crippen LogP contribution >= 0.6 is 10.6 Å². The number of hydrogen-bond acceptors (Lipinski definition) is 2. The number of alkyl halides is 20. The van der Waals surface area contributed by atoms with Crippen LogP contribution < -0.4 is 0 Å². The van der Waals surface area contributed by atoms with E-state index in [0.29, 0.717) is 0 Å². The Hall–Kier alpha value is -1.91. The van der Waals surface area contributed by atoms with Gasteiger partial charge in [0.2, 0.25) is 0 Å². The molecule has 0 N–H and O–H groups in total. The van der Waals surface area contributed by atoms with E-state index in [-0.39, 0.29) is 0 Å². The number of halogens is 20. The Balaban J connectivity index is 2.64. The summed E-state index contributed by atoms with van der Waals surface area (Å²) in [7, 11) is -6.02. The van der Waals surface area contributed by atoms with Crippen LogP contribution in [0.4, 0.5) is 87.8 Å². The second kappa shape index (κ2) is 7.92. The van der Waals surface area contributed by atoms with Gasteiger partial charge in [-0.05, 0) is 0 Å². The zero-order chi connectivity index (χ0) is 31.8. The molecule has 0 unspecified atom stereocenters. The van der Waals surface area contributed by atoms with Gasteiger partial charge in [0.25, 0.3) is 11.2 Å². The lowest BCUT2D eigenvalue weighted by Crippen LogP contribution is -2.69. The molecule has 0 fully saturated rings. The fraction of sp³-hybridized carbons (Fsp3) is 0.647. The standard InChI is InChI=1S/C17H6F20O2S/c1-40-7-5(8(38-40,10(18,19)14(26,27)28)11(20,21)15(29,30)31)3-2-4-6(7)9(39-40,12(22,23)16(32,33)34)13(24,25)17(35,36)37/h2-4H,1H3. The summed E-state index contributed by atoms with van der Waals surface area (Å²) in [5.41, 5.74) is -19.0. The smallest absolute Gasteiger partial charge is 0.255 e. The van der Waals surface area contributed by atoms with Gasteiger partial charge in [-0.3, -0.25) is 8.37 Å². The Bertz CT molecular complexity index is 1050. The Kier molecular flexibility index (Phi) is 6.46. The van der Waals surface area contributed by atoms with Gasteiger partial charge in [-0.1, -0.05) is 18.2 Å². The van der Waals surface area contributed by atoms with E-state index in [1.165, 1.54) is 0 Å². The van der Waals surface area contributed by atoms with Crippen molar-refractivity contribution >= 4 is 10.6 Å². The lowest BCUT2D eigenvalue weighted by Gasteiger charge is -2.48. The van der Waals surface area contributed by atoms with E-state index in [1.54, 1.807) is 0 Å². The van der Waals surface area contributed by atoms with Gasteiger partial charge in [-0.2, -0.15) is 98.4 Å². The van der Waals surface area contributed by atoms with E-state index in [9.17, 15) is 87.8 Å². The van der Waals surface area contributed by atoms with Crippen LogP contribution in [0.25, 0.3) is 0 Å². The third-order valence-corrected chi connectivity index (χ3v) is 8.22. The molecule has 0 aliphatic carbocycles. The van der Waals surface area contributed by atoms with Gasteiger partial charge in [0.05, 0.1) is 4.90 Å². The largest absolute Gasteiger partial charge is 0.457 e. The molecule has 2 aliphatic rings. The summed E-state index contributed by atoms with van der Waals surface area (Å²) in [4.78, 5) is -2.56. The Labute approximate surface area is 207 Å². The Morgan fingerprint density at radius 1 is 0.475 bits per heavy atom. The zero-order valence-electron chi connectivity index (χ0n) is 18.0. The van der Waals surface area contributed by atoms with E-state index in [2.05, 4.69) is 8.37 Å². The van der Waals surface area contributed by atoms with Crippen LogP contribution in [0.1, 0.15) is 11.1 Å². The van der Waals surface area contributed by atoms with Crippen LogP contribution in [0, 0.1) is 0 Å². The van der Waals surface area contributed by atoms with E-state index >= 15 is 0 Å². The van der Waals surface area contributed by atoms with Crippen LogP contribution in [0.2, 0.25) is 0 Å². The minimum Gasteiger partial charge on any atom is -0.255 e. The second-order valence-electron chi connectivity index (χ2n) is 8.27. The van der Waals surface area contributed by atoms with Crippen molar-refractivity contribution in [3.8, 4) is 0 Å². The summed E-state index contributed by atoms with van der Waals surface area (Å²) < 4.78 is 283. The lowest BCUT2D eigenvalue weighted by atomic mass is 9.75. The molecule has 2 aliphatic heterocycles. The third-order valence-electron chi connectivity index (χ3n) is 5.91. The van der Waals surface area contributed by atoms with Crippen LogP contribution in [0.15, 0.2) is 23.1 Å². The monoisotopic (exact) mass is 654 g/mol. The molecule has 232 valence electrons. The van der Waals surface area contributed by atoms with E-state index < -0.39 is 111 Å². The van der Waals surface area contributed by atoms with Crippen molar-refractivity contribution in [3.63, 3.8) is 0 Å². The maximum absolute atomic E-state index is 14.6. The fourth-order valence-electron chi connectivity index (χ4n) is 4.24. The van der Waals surface area contributed by atoms with Crippen LogP contribution in [-0.2, 0) is 19.6 Å². The first-order chi connectivity index (χ1) is 17.3. The molecule has 2 heterocycles. The van der Waals surface area contributed by atoms with Crippen molar-refractivity contribution in [1.29, 1.82) is 0 Å². The highest BCUT2D eigenvalue weighted by Gasteiger charge is 2.94. The van der Waals surface area contributed by atoms with E-state index in [4.69, 9.17) is 0 Å². The summed E-state index contributed by atoms with van der Waals surface area (Å²) in [6, 6.07) is -1.72. The van der Waals surface area contributed by atoms with Crippen molar-refractivity contribution in [1.82, 2.24) is 0 Å². The predicted octanol–water partition coefficient (Wildman–Crippen LogP) is 8.55. The summed E-state index contributed by atoms with van der Waals surface area (Å²) >= 11 is 0. The minimum atomic E-state index is -7.49. The van der Waals surface area contributed by atoms with Crippen molar-refractivity contribution < 1.29 is 96.2 Å². The molecule has 3 rings (SSSR count). The highest BCUT2D eigenvalue weighted by atomic mass is 32.3. The van der Waals surface area contributed by atoms with Crippen LogP contribution in [0.3, 0.4) is 0 Å². The first kappa shape index (κ1) is 32.6. The molecule has 0 spiro atoms. The van der Waals surface area contributed by atoms with Crippen LogP contribution in [0.5, 0.6) is 0 Å². The number of hydrogen-bond donors (Lipinski definition) is 0. The van der Waals surface area contributed by atoms with Gasteiger partial charge in [-0.15, -0.1) is 0 Å². The molecular formula is C17H6F20O2S. The average molecular weight is 654 g/mol. The van der Waals surface area contributed by atoms with Gasteiger partial charge < -0.3 is 0 Å². The van der Waals surface area contributed by atoms with Crippen molar-refractivity contribution in [2.24, 2.45) is 0 Å². The number of benzene rings is 1. The molecule has 23 heteroatoms. The van der Waals surface area contributed by atoms with Crippen molar-refractivity contribution in [3.05, 3.63) is 29.3 Å². The summed E-state index contributed by atoms with van der Waals surface area (Å²) in [5, 5.41) is 0. The molecular weight excluding hydrogens is 648 g/mol. The Morgan fingerprint density at radius 3 is 0.900 bits per heavy atom. The van der Waals surface area contributed by atoms with E-state index in [0.717, 1.165) is 0 Å². The topological polar surface area (TPSA) is 18.5 Å². The first-order valence-corrected chi connectivity index (χ1v) is 11.3. The van der Waals surface area contributed by atoms with Gasteiger partial charge in [0.1, 0.15) is 0 Å². The molecule has 1 aromatic carbocycles. The SMILES string of the molecule is CS12OC(C(F)(F)C(F)(F)F)(C(F)(F)C(F)(F)F)c3cccc(c31)C(C(F)(F)C(F)(F)F)(C(F)(F)C(F)(F)F)O2. The molecule has 0 amide bonds. The highest BCUT2D eigenvalue weighted by Crippen LogP contribution is 2.84. The molecule has 0 atom stereocenters. The van der Waals surface area contributed by atoms with Crippen LogP contribution in [-0.4, -0.2) is 54.7 Å². The zero-order valence-corrected chi connectivity index (χ0v) is 18.8. The molecule has 0 bridgehead atoms.